The molecule has 1 heterocycles. The van der Waals surface area contributed by atoms with E-state index in [1.807, 2.05) is 24.3 Å². The average molecular weight is 287 g/mol. The summed E-state index contributed by atoms with van der Waals surface area (Å²) in [6.45, 7) is 0. The van der Waals surface area contributed by atoms with Crippen LogP contribution >= 0.6 is 0 Å². The minimum atomic E-state index is -3.67. The lowest BCUT2D eigenvalue weighted by Crippen LogP contribution is -2.21. The number of carbonyl (C=O) groups is 1. The van der Waals surface area contributed by atoms with Gasteiger partial charge in [-0.05, 0) is 12.1 Å². The van der Waals surface area contributed by atoms with Crippen molar-refractivity contribution in [2.75, 3.05) is 12.4 Å². The van der Waals surface area contributed by atoms with Crippen molar-refractivity contribution in [2.24, 2.45) is 10.3 Å². The Bertz CT molecular complexity index is 625. The highest BCUT2D eigenvalue weighted by Crippen LogP contribution is 2.12. The molecule has 1 aromatic heterocycles. The molecule has 0 radical (unpaired) electrons. The average Bonchev–Trinajstić information content (AvgIpc) is 2.68. The van der Waals surface area contributed by atoms with Crippen LogP contribution in [-0.4, -0.2) is 31.6 Å². The number of para-hydroxylation sites is 2. The highest BCUT2D eigenvalue weighted by molar-refractivity contribution is 7.86. The summed E-state index contributed by atoms with van der Waals surface area (Å²) in [4.78, 5) is 17.9. The number of nitrogens with zero attached hydrogens (tertiary/aromatic N) is 1. The number of nitrogens with one attached hydrogen (secondary N) is 2. The number of hydrogen-bond donors (Lipinski definition) is 4. The number of amides is 1. The fourth-order valence-electron chi connectivity index (χ4n) is 1.16. The number of H-pyrrole nitrogens is 1. The number of methoxy groups -OCH3 is 1. The van der Waals surface area contributed by atoms with Crippen molar-refractivity contribution in [3.63, 3.8) is 0 Å². The molecule has 0 unspecified atom stereocenters. The molecule has 0 fully saturated rings. The van der Waals surface area contributed by atoms with Crippen molar-refractivity contribution in [1.82, 2.24) is 9.97 Å². The Morgan fingerprint density at radius 2 is 1.95 bits per heavy atom. The predicted octanol–water partition coefficient (Wildman–Crippen LogP) is -0.110. The fraction of sp³-hybridized carbons (Fsp3) is 0.111. The Labute approximate surface area is 109 Å². The van der Waals surface area contributed by atoms with Crippen LogP contribution in [0.5, 0.6) is 0 Å². The van der Waals surface area contributed by atoms with E-state index in [-0.39, 0.29) is 0 Å². The number of anilines is 1. The van der Waals surface area contributed by atoms with Gasteiger partial charge in [-0.15, -0.1) is 0 Å². The maximum absolute atomic E-state index is 10.9. The van der Waals surface area contributed by atoms with Gasteiger partial charge in [0, 0.05) is 0 Å². The second-order valence-electron chi connectivity index (χ2n) is 3.31. The van der Waals surface area contributed by atoms with E-state index >= 15 is 0 Å². The molecule has 1 aromatic carbocycles. The molecule has 0 aliphatic heterocycles. The molecule has 0 saturated carbocycles. The molecule has 2 aromatic rings. The molecule has 0 aliphatic rings. The van der Waals surface area contributed by atoms with E-state index in [0.717, 1.165) is 11.0 Å². The summed E-state index contributed by atoms with van der Waals surface area (Å²) < 4.78 is 22.8. The molecule has 0 aliphatic carbocycles. The van der Waals surface area contributed by atoms with E-state index in [9.17, 15) is 13.2 Å². The van der Waals surface area contributed by atoms with Crippen molar-refractivity contribution >= 4 is 33.3 Å². The van der Waals surface area contributed by atoms with Crippen LogP contribution in [0.1, 0.15) is 0 Å². The zero-order chi connectivity index (χ0) is 14.5. The van der Waals surface area contributed by atoms with Gasteiger partial charge in [-0.1, -0.05) is 12.1 Å². The minimum absolute atomic E-state index is 0.387. The minimum Gasteiger partial charge on any atom is -0.453 e. The highest BCUT2D eigenvalue weighted by atomic mass is 32.2. The first-order chi connectivity index (χ1) is 8.79. The third-order valence-corrected chi connectivity index (χ3v) is 1.80. The molecule has 6 N–H and O–H groups in total. The summed E-state index contributed by atoms with van der Waals surface area (Å²) in [5.41, 5.74) is 1.68. The number of ether oxygens (including phenoxy) is 1. The fourth-order valence-corrected chi connectivity index (χ4v) is 1.16. The second kappa shape index (κ2) is 6.13. The number of hydrogen-bond acceptors (Lipinski definition) is 5. The maximum Gasteiger partial charge on any atom is 0.413 e. The van der Waals surface area contributed by atoms with E-state index in [2.05, 4.69) is 30.3 Å². The topological polar surface area (TPSA) is 153 Å². The number of aromatic nitrogens is 2. The third kappa shape index (κ3) is 5.81. The van der Waals surface area contributed by atoms with Gasteiger partial charge in [-0.25, -0.2) is 20.1 Å². The zero-order valence-electron chi connectivity index (χ0n) is 9.95. The first-order valence-electron chi connectivity index (χ1n) is 4.90. The van der Waals surface area contributed by atoms with Crippen LogP contribution in [0.4, 0.5) is 10.7 Å². The first-order valence-corrected chi connectivity index (χ1v) is 6.51. The summed E-state index contributed by atoms with van der Waals surface area (Å²) >= 11 is 0. The van der Waals surface area contributed by atoms with Gasteiger partial charge >= 0.3 is 6.09 Å². The van der Waals surface area contributed by atoms with Crippen molar-refractivity contribution in [3.05, 3.63) is 24.3 Å². The van der Waals surface area contributed by atoms with Crippen molar-refractivity contribution < 1.29 is 17.9 Å². The molecular weight excluding hydrogens is 274 g/mol. The van der Waals surface area contributed by atoms with Crippen molar-refractivity contribution in [1.29, 1.82) is 0 Å². The predicted molar refractivity (Wildman–Crippen MR) is 69.4 cm³/mol. The van der Waals surface area contributed by atoms with Gasteiger partial charge in [-0.2, -0.15) is 8.42 Å². The molecule has 2 rings (SSSR count). The van der Waals surface area contributed by atoms with Gasteiger partial charge in [0.2, 0.25) is 5.95 Å². The summed E-state index contributed by atoms with van der Waals surface area (Å²) in [6.07, 6.45) is -0.538. The third-order valence-electron chi connectivity index (χ3n) is 1.80. The second-order valence-corrected chi connectivity index (χ2v) is 4.49. The SMILES string of the molecule is COC(=O)Nc1nc2ccccc2[nH]1.NS(N)(=O)=O. The largest absolute Gasteiger partial charge is 0.453 e. The highest BCUT2D eigenvalue weighted by Gasteiger charge is 2.04. The van der Waals surface area contributed by atoms with Crippen molar-refractivity contribution in [2.45, 2.75) is 0 Å². The molecule has 0 bridgehead atoms. The van der Waals surface area contributed by atoms with Crippen LogP contribution in [0.2, 0.25) is 0 Å². The van der Waals surface area contributed by atoms with E-state index in [1.54, 1.807) is 0 Å². The van der Waals surface area contributed by atoms with E-state index in [4.69, 9.17) is 0 Å². The summed E-state index contributed by atoms with van der Waals surface area (Å²) in [5, 5.41) is 10.7. The summed E-state index contributed by atoms with van der Waals surface area (Å²) in [5.74, 6) is 0.387. The van der Waals surface area contributed by atoms with Gasteiger partial charge in [0.1, 0.15) is 0 Å². The van der Waals surface area contributed by atoms with Crippen LogP contribution in [-0.2, 0) is 14.9 Å². The molecule has 9 nitrogen and oxygen atoms in total. The molecule has 104 valence electrons. The van der Waals surface area contributed by atoms with Crippen LogP contribution in [0.25, 0.3) is 11.0 Å². The van der Waals surface area contributed by atoms with Gasteiger partial charge < -0.3 is 9.72 Å². The first kappa shape index (κ1) is 14.9. The quantitative estimate of drug-likeness (QED) is 0.576. The Morgan fingerprint density at radius 3 is 2.47 bits per heavy atom. The lowest BCUT2D eigenvalue weighted by molar-refractivity contribution is 0.186. The van der Waals surface area contributed by atoms with E-state index < -0.39 is 16.3 Å². The van der Waals surface area contributed by atoms with Crippen LogP contribution in [0, 0.1) is 0 Å². The number of carbonyl (C=O) groups excluding carboxylic acids is 1. The number of benzene rings is 1. The Hall–Kier alpha value is -2.17. The number of aromatic amines is 1. The number of fused-ring (bicyclic) bond motifs is 1. The summed E-state index contributed by atoms with van der Waals surface area (Å²) in [7, 11) is -2.36. The Kier molecular flexibility index (Phi) is 4.80. The lowest BCUT2D eigenvalue weighted by atomic mass is 10.3. The monoisotopic (exact) mass is 287 g/mol. The Balaban J connectivity index is 0.000000312. The standard InChI is InChI=1S/C9H9N3O2.H4N2O2S/c1-14-9(13)12-8-10-6-4-2-3-5-7(6)11-8;1-5(2,3)4/h2-5H,1H3,(H2,10,11,12,13);(H4,1,2,3,4). The van der Waals surface area contributed by atoms with Gasteiger partial charge in [0.05, 0.1) is 18.1 Å². The van der Waals surface area contributed by atoms with Crippen LogP contribution < -0.4 is 15.6 Å². The molecule has 0 spiro atoms. The van der Waals surface area contributed by atoms with E-state index in [1.165, 1.54) is 7.11 Å². The molecule has 0 atom stereocenters. The van der Waals surface area contributed by atoms with Gasteiger partial charge in [-0.3, -0.25) is 5.32 Å². The zero-order valence-corrected chi connectivity index (χ0v) is 10.8. The maximum atomic E-state index is 10.9. The molecule has 10 heteroatoms. The van der Waals surface area contributed by atoms with Crippen LogP contribution in [0.15, 0.2) is 24.3 Å². The lowest BCUT2D eigenvalue weighted by Gasteiger charge is -1.96. The number of imidazole rings is 1. The van der Waals surface area contributed by atoms with Crippen molar-refractivity contribution in [3.8, 4) is 0 Å². The number of nitrogens with two attached hydrogens (primary N) is 2. The Morgan fingerprint density at radius 1 is 1.37 bits per heavy atom. The molecular formula is C9H13N5O4S. The smallest absolute Gasteiger partial charge is 0.413 e. The van der Waals surface area contributed by atoms with Gasteiger partial charge in [0.15, 0.2) is 0 Å². The molecule has 0 saturated heterocycles. The van der Waals surface area contributed by atoms with Crippen LogP contribution in [0.3, 0.4) is 0 Å². The molecule has 1 amide bonds. The number of rotatable bonds is 1. The van der Waals surface area contributed by atoms with Gasteiger partial charge in [0.25, 0.3) is 10.2 Å². The summed E-state index contributed by atoms with van der Waals surface area (Å²) in [6, 6.07) is 7.51. The molecule has 19 heavy (non-hydrogen) atoms. The normalized spacial score (nSPS) is 10.5. The van der Waals surface area contributed by atoms with E-state index in [0.29, 0.717) is 5.95 Å².